The number of ether oxygens (including phenoxy) is 1. The first kappa shape index (κ1) is 33.3. The predicted octanol–water partition coefficient (Wildman–Crippen LogP) is 7.11. The van der Waals surface area contributed by atoms with Crippen LogP contribution in [0.3, 0.4) is 0 Å². The molecule has 0 saturated heterocycles. The van der Waals surface area contributed by atoms with Gasteiger partial charge in [-0.2, -0.15) is 4.98 Å². The van der Waals surface area contributed by atoms with Crippen molar-refractivity contribution < 1.29 is 28.3 Å². The number of hydrogen-bond acceptors (Lipinski definition) is 9. The normalized spacial score (nSPS) is 22.2. The van der Waals surface area contributed by atoms with Gasteiger partial charge in [-0.05, 0) is 35.1 Å². The van der Waals surface area contributed by atoms with E-state index < -0.39 is 41.6 Å². The third-order valence-corrected chi connectivity index (χ3v) is 11.7. The number of carbonyl (C=O) groups is 2. The highest BCUT2D eigenvalue weighted by Crippen LogP contribution is 2.62. The van der Waals surface area contributed by atoms with Crippen LogP contribution in [0.15, 0.2) is 63.4 Å². The minimum atomic E-state index is -1.30. The Hall–Kier alpha value is -5.30. The van der Waals surface area contributed by atoms with Crippen molar-refractivity contribution >= 4 is 51.6 Å². The van der Waals surface area contributed by atoms with Gasteiger partial charge in [-0.15, -0.1) is 0 Å². The average Bonchev–Trinajstić information content (AvgIpc) is 3.94. The number of anilines is 1. The average molecular weight is 766 g/mol. The Balaban J connectivity index is 1.30. The van der Waals surface area contributed by atoms with Gasteiger partial charge in [-0.3, -0.25) is 9.59 Å². The molecule has 7 heterocycles. The number of amides is 2. The third-order valence-electron chi connectivity index (χ3n) is 11.2. The van der Waals surface area contributed by atoms with Gasteiger partial charge < -0.3 is 39.6 Å². The zero-order valence-electron chi connectivity index (χ0n) is 29.5. The Morgan fingerprint density at radius 2 is 1.80 bits per heavy atom. The molecule has 10 rings (SSSR count). The van der Waals surface area contributed by atoms with Crippen LogP contribution in [0.25, 0.3) is 44.9 Å². The number of aromatic amines is 1. The molecule has 14 heteroatoms. The summed E-state index contributed by atoms with van der Waals surface area (Å²) in [7, 11) is 0. The number of hydrogen-bond donors (Lipinski definition) is 5. The van der Waals surface area contributed by atoms with Gasteiger partial charge in [0.05, 0.1) is 5.56 Å². The zero-order chi connectivity index (χ0) is 37.4. The fourth-order valence-electron chi connectivity index (χ4n) is 8.52. The number of halogens is 2. The molecule has 274 valence electrons. The van der Waals surface area contributed by atoms with Gasteiger partial charge in [0.1, 0.15) is 34.5 Å². The van der Waals surface area contributed by atoms with Gasteiger partial charge in [0.2, 0.25) is 17.7 Å². The first-order chi connectivity index (χ1) is 25.9. The number of aliphatic hydroxyl groups is 1. The van der Waals surface area contributed by atoms with Gasteiger partial charge in [-0.1, -0.05) is 93.4 Å². The van der Waals surface area contributed by atoms with Crippen molar-refractivity contribution in [2.75, 3.05) is 5.32 Å². The molecule has 0 saturated carbocycles. The maximum atomic E-state index is 14.2. The van der Waals surface area contributed by atoms with Crippen molar-refractivity contribution in [3.05, 3.63) is 93.2 Å². The van der Waals surface area contributed by atoms with Gasteiger partial charge in [0.25, 0.3) is 5.89 Å². The number of aliphatic hydroxyl groups excluding tert-OH is 1. The molecule has 2 amide bonds. The molecule has 5 N–H and O–H groups in total. The predicted molar refractivity (Wildman–Crippen MR) is 201 cm³/mol. The molecule has 0 radical (unpaired) electrons. The highest BCUT2D eigenvalue weighted by molar-refractivity contribution is 6.37. The molecule has 10 bridgehead atoms. The number of carbonyl (C=O) groups excluding carboxylic acids is 2. The molecule has 3 aromatic heterocycles. The molecule has 1 spiro atoms. The highest BCUT2D eigenvalue weighted by Gasteiger charge is 2.61. The summed E-state index contributed by atoms with van der Waals surface area (Å²) in [5.74, 6) is -0.0970. The number of nitrogens with one attached hydrogen (secondary N) is 4. The molecular weight excluding hydrogens is 731 g/mol. The molecule has 3 aromatic carbocycles. The molecule has 0 unspecified atom stereocenters. The Labute approximate surface area is 318 Å². The van der Waals surface area contributed by atoms with Crippen LogP contribution in [0.5, 0.6) is 5.75 Å². The number of benzene rings is 3. The first-order valence-electron chi connectivity index (χ1n) is 17.9. The lowest BCUT2D eigenvalue weighted by molar-refractivity contribution is -0.135. The molecule has 5 atom stereocenters. The minimum absolute atomic E-state index is 0.0872. The summed E-state index contributed by atoms with van der Waals surface area (Å²) in [6.45, 7) is 7.36. The highest BCUT2D eigenvalue weighted by atomic mass is 35.5. The lowest BCUT2D eigenvalue weighted by Gasteiger charge is -2.29. The van der Waals surface area contributed by atoms with E-state index in [1.54, 1.807) is 13.8 Å². The van der Waals surface area contributed by atoms with Crippen molar-refractivity contribution in [3.8, 4) is 39.8 Å². The number of nitrogens with zero attached hydrogens (tertiary/aromatic N) is 2. The Morgan fingerprint density at radius 1 is 1.00 bits per heavy atom. The van der Waals surface area contributed by atoms with E-state index in [9.17, 15) is 14.7 Å². The van der Waals surface area contributed by atoms with Crippen LogP contribution < -0.4 is 20.7 Å². The maximum absolute atomic E-state index is 14.2. The summed E-state index contributed by atoms with van der Waals surface area (Å²) in [6.07, 6.45) is -1.87. The summed E-state index contributed by atoms with van der Waals surface area (Å²) >= 11 is 13.9. The van der Waals surface area contributed by atoms with Gasteiger partial charge in [-0.25, -0.2) is 4.98 Å². The quantitative estimate of drug-likeness (QED) is 0.126. The monoisotopic (exact) mass is 764 g/mol. The molecule has 4 aliphatic heterocycles. The molecule has 4 aliphatic rings. The molecular formula is C40H34Cl2N6O6. The third kappa shape index (κ3) is 4.47. The lowest BCUT2D eigenvalue weighted by atomic mass is 9.72. The standard InChI is InChI=1S/C40H34Cl2N6O6/c1-15(2)27-37-46-29-32(54-37)40-20-9-5-8-19(18-7-6-10-22-25(18)26(33(41)43-22)31-34(42)48-38(29)53-31)28(20)47-39(40)52-24-12-11-17(13-21(24)40)14-23(35(50)45-27)44-36(51)30(49)16(3)4/h5-13,15-16,23,27,30,39,43,47,49H,14H2,1-4H3,(H,44,51)(H,45,50)/t23-,27-,30+,39+,40-/m0/s1. The molecule has 6 aromatic rings. The summed E-state index contributed by atoms with van der Waals surface area (Å²) in [5, 5.41) is 21.5. The number of rotatable bonds is 4. The van der Waals surface area contributed by atoms with E-state index in [4.69, 9.17) is 46.7 Å². The number of oxazole rings is 2. The van der Waals surface area contributed by atoms with Crippen LogP contribution in [0.1, 0.15) is 62.1 Å². The van der Waals surface area contributed by atoms with Crippen molar-refractivity contribution in [2.45, 2.75) is 63.9 Å². The Kier molecular flexibility index (Phi) is 7.15. The number of aromatic nitrogens is 3. The van der Waals surface area contributed by atoms with Gasteiger partial charge >= 0.3 is 0 Å². The lowest BCUT2D eigenvalue weighted by Crippen LogP contribution is -2.52. The zero-order valence-corrected chi connectivity index (χ0v) is 31.0. The molecule has 0 fully saturated rings. The van der Waals surface area contributed by atoms with E-state index in [0.717, 1.165) is 44.4 Å². The second kappa shape index (κ2) is 11.6. The van der Waals surface area contributed by atoms with Crippen molar-refractivity contribution in [1.82, 2.24) is 25.6 Å². The van der Waals surface area contributed by atoms with E-state index in [2.05, 4.69) is 27.0 Å². The molecule has 0 aliphatic carbocycles. The van der Waals surface area contributed by atoms with Crippen LogP contribution in [-0.4, -0.2) is 50.2 Å². The summed E-state index contributed by atoms with van der Waals surface area (Å²) < 4.78 is 20.4. The van der Waals surface area contributed by atoms with Crippen LogP contribution in [-0.2, 0) is 21.4 Å². The first-order valence-corrected chi connectivity index (χ1v) is 18.7. The number of para-hydroxylation sites is 1. The molecule has 12 nitrogen and oxygen atoms in total. The van der Waals surface area contributed by atoms with Crippen LogP contribution in [0, 0.1) is 11.8 Å². The topological polar surface area (TPSA) is 168 Å². The van der Waals surface area contributed by atoms with Crippen molar-refractivity contribution in [3.63, 3.8) is 0 Å². The SMILES string of the molecule is CC(C)[C@@H]1NC(=O)[C@@H](NC(=O)[C@H](O)C(C)C)Cc2ccc3c(c2)[C@]24c5cccc(c5N[C@@H]2O3)-c2cccc3[nH]c(Cl)c(c23)-c2oc(nc2Cl)-c2nc1oc24. The van der Waals surface area contributed by atoms with Crippen molar-refractivity contribution in [1.29, 1.82) is 0 Å². The summed E-state index contributed by atoms with van der Waals surface area (Å²) in [5.41, 5.74) is 5.49. The summed E-state index contributed by atoms with van der Waals surface area (Å²) in [6, 6.07) is 16.0. The van der Waals surface area contributed by atoms with E-state index >= 15 is 0 Å². The minimum Gasteiger partial charge on any atom is -0.469 e. The fraction of sp³-hybridized carbons (Fsp3) is 0.300. The van der Waals surface area contributed by atoms with E-state index in [-0.39, 0.29) is 46.6 Å². The number of H-pyrrole nitrogens is 1. The molecule has 54 heavy (non-hydrogen) atoms. The maximum Gasteiger partial charge on any atom is 0.250 e. The van der Waals surface area contributed by atoms with Gasteiger partial charge in [0, 0.05) is 39.7 Å². The van der Waals surface area contributed by atoms with Crippen LogP contribution in [0.2, 0.25) is 10.3 Å². The van der Waals surface area contributed by atoms with E-state index in [0.29, 0.717) is 22.2 Å². The van der Waals surface area contributed by atoms with E-state index in [1.165, 1.54) is 0 Å². The second-order valence-corrected chi connectivity index (χ2v) is 15.8. The number of fused-ring (bicyclic) bond motifs is 7. The largest absolute Gasteiger partial charge is 0.469 e. The van der Waals surface area contributed by atoms with Crippen LogP contribution in [0.4, 0.5) is 5.69 Å². The second-order valence-electron chi connectivity index (χ2n) is 15.1. The van der Waals surface area contributed by atoms with Gasteiger partial charge in [0.15, 0.2) is 28.6 Å². The summed E-state index contributed by atoms with van der Waals surface area (Å²) in [4.78, 5) is 40.5. The van der Waals surface area contributed by atoms with Crippen LogP contribution >= 0.6 is 23.2 Å². The Bertz CT molecular complexity index is 2590. The van der Waals surface area contributed by atoms with Crippen molar-refractivity contribution in [2.24, 2.45) is 11.8 Å². The smallest absolute Gasteiger partial charge is 0.250 e. The Morgan fingerprint density at radius 3 is 2.59 bits per heavy atom. The van der Waals surface area contributed by atoms with E-state index in [1.807, 2.05) is 62.4 Å². The fourth-order valence-corrected chi connectivity index (χ4v) is 9.01.